The van der Waals surface area contributed by atoms with Gasteiger partial charge in [-0.1, -0.05) is 98.0 Å². The molecule has 3 aromatic carbocycles. The fourth-order valence-corrected chi connectivity index (χ4v) is 14.5. The minimum atomic E-state index is -5.22. The van der Waals surface area contributed by atoms with Gasteiger partial charge >= 0.3 is 117 Å². The summed E-state index contributed by atoms with van der Waals surface area (Å²) in [6.07, 6.45) is 10.2. The van der Waals surface area contributed by atoms with Crippen molar-refractivity contribution in [3.8, 4) is 54.7 Å². The smallest absolute Gasteiger partial charge is 1.00 e. The van der Waals surface area contributed by atoms with Gasteiger partial charge in [0.2, 0.25) is 0 Å². The van der Waals surface area contributed by atoms with Crippen molar-refractivity contribution in [1.82, 2.24) is 54.7 Å². The van der Waals surface area contributed by atoms with E-state index in [2.05, 4.69) is 56.1 Å². The predicted molar refractivity (Wildman–Crippen MR) is 383 cm³/mol. The molecule has 3 aliphatic heterocycles. The Morgan fingerprint density at radius 3 is 1.50 bits per heavy atom. The van der Waals surface area contributed by atoms with Gasteiger partial charge in [0.05, 0.1) is 25.8 Å². The SMILES string of the molecule is CC1(C)OB(c2cc(C(O)c3ccc(Cl)cc3)c(-c3ncn(C4CCCCO4)n3)s2)OC1(C)C.FF.N#Cc1cc(-c2cc(C(O)c3ccc(Cl)cc3)c(-c3ncn[nH]3)s2)ccn1.N#Cc1cc(Br)ccn1.OC(c1ccc(Cl)cc1)c1cc([B-](F)(F)F)sc1-c1ncn(C2CCCCO2)n1.[H-].[K+].[K+]. The summed E-state index contributed by atoms with van der Waals surface area (Å²) < 4.78 is 84.6. The maximum atomic E-state index is 13.4. The first kappa shape index (κ1) is 84.2. The van der Waals surface area contributed by atoms with Crippen LogP contribution in [0.1, 0.15) is 143 Å². The molecular weight excluding hydrogens is 1580 g/mol. The molecule has 103 heavy (non-hydrogen) atoms. The standard InChI is InChI=1S/C24H29BClN3O4S.C19H12ClN5OS.C18H17BClF3N3O2S.C6H3BrN2.F2.2K.H/c1-23(2)24(3,4)33-25(32-23)18-13-17(20(30)15-8-10-16(26)11-9-15)21(34-18)22-27-14-29(28-22)19-7-5-6-12-31-19;20-13-3-1-11(2-4-13)17(26)15-8-16(12-5-6-22-14(7-12)9-21)27-18(15)19-23-10-24-25-19;20-12-6-4-11(5-7-12)16(27)13-9-14(19(21,22)23)29-17(13)18-24-10-26(25-18)15-3-1-2-8-28-15;7-5-1-2-9-6(3-5)4-8;1-2;;;/h8-11,13-14,19-20,30H,5-7,12H2,1-4H3;1-8,10,17,26H,(H,23,24,25);4-7,9-10,15-16,27H,1-3,8H2;1-3H;;;;/q;;-1;;;2*+1;-1. The molecule has 11 aromatic rings. The van der Waals surface area contributed by atoms with Crippen LogP contribution in [0.5, 0.6) is 0 Å². The number of ether oxygens (including phenoxy) is 2. The number of aromatic nitrogens is 11. The van der Waals surface area contributed by atoms with Gasteiger partial charge in [-0.05, 0) is 161 Å². The van der Waals surface area contributed by atoms with Crippen LogP contribution in [-0.4, -0.2) is 109 Å². The molecule has 4 N–H and O–H groups in total. The summed E-state index contributed by atoms with van der Waals surface area (Å²) in [4.78, 5) is 23.4. The maximum Gasteiger partial charge on any atom is 1.00 e. The quantitative estimate of drug-likeness (QED) is 0.0582. The van der Waals surface area contributed by atoms with E-state index in [0.717, 1.165) is 91.8 Å². The summed E-state index contributed by atoms with van der Waals surface area (Å²) in [5.74, 6) is 1.26. The number of aromatic amines is 1. The zero-order valence-electron chi connectivity index (χ0n) is 57.0. The molecule has 20 nitrogen and oxygen atoms in total. The van der Waals surface area contributed by atoms with Crippen LogP contribution in [0.25, 0.3) is 42.5 Å². The van der Waals surface area contributed by atoms with Crippen LogP contribution in [0.4, 0.5) is 22.1 Å². The minimum absolute atomic E-state index is 0. The second kappa shape index (κ2) is 38.6. The molecule has 0 aliphatic carbocycles. The fraction of sp³-hybridized carbons (Fsp3) is 0.284. The number of H-pyrrole nitrogens is 1. The number of benzene rings is 3. The summed E-state index contributed by atoms with van der Waals surface area (Å²) >= 11 is 24.6. The van der Waals surface area contributed by atoms with Gasteiger partial charge in [-0.15, -0.1) is 32.9 Å². The van der Waals surface area contributed by atoms with Crippen LogP contribution >= 0.6 is 84.7 Å². The van der Waals surface area contributed by atoms with Crippen molar-refractivity contribution in [1.29, 1.82) is 10.5 Å². The molecule has 0 bridgehead atoms. The number of nitrogens with one attached hydrogen (secondary N) is 1. The number of aliphatic hydroxyl groups excluding tert-OH is 3. The van der Waals surface area contributed by atoms with E-state index in [0.29, 0.717) is 72.7 Å². The molecule has 8 aromatic heterocycles. The molecule has 14 rings (SSSR count). The molecular formula is C67H62B2BrCl3F5K2N13O7S3. The molecule has 0 saturated carbocycles. The molecule has 36 heteroatoms. The molecule has 5 atom stereocenters. The van der Waals surface area contributed by atoms with Gasteiger partial charge in [-0.25, -0.2) is 34.3 Å². The van der Waals surface area contributed by atoms with E-state index < -0.39 is 48.4 Å². The normalized spacial score (nSPS) is 16.7. The Morgan fingerprint density at radius 1 is 0.612 bits per heavy atom. The van der Waals surface area contributed by atoms with Gasteiger partial charge in [0.1, 0.15) is 60.8 Å². The van der Waals surface area contributed by atoms with Crippen LogP contribution in [0.15, 0.2) is 151 Å². The predicted octanol–water partition coefficient (Wildman–Crippen LogP) is 10.1. The van der Waals surface area contributed by atoms with Crippen molar-refractivity contribution < 1.29 is 160 Å². The van der Waals surface area contributed by atoms with Crippen molar-refractivity contribution >= 4 is 108 Å². The Bertz CT molecular complexity index is 4630. The zero-order valence-corrected chi connectivity index (χ0v) is 68.6. The number of aliphatic hydroxyl groups is 3. The number of nitrogens with zero attached hydrogens (tertiary/aromatic N) is 12. The van der Waals surface area contributed by atoms with E-state index in [1.807, 2.05) is 70.2 Å². The van der Waals surface area contributed by atoms with Crippen molar-refractivity contribution in [3.05, 3.63) is 211 Å². The summed E-state index contributed by atoms with van der Waals surface area (Å²) in [6, 6.07) is 36.3. The van der Waals surface area contributed by atoms with Crippen LogP contribution < -0.4 is 112 Å². The van der Waals surface area contributed by atoms with Gasteiger partial charge in [0, 0.05) is 80.6 Å². The minimum Gasteiger partial charge on any atom is -1.00 e. The number of hydrogen-bond donors (Lipinski definition) is 4. The third kappa shape index (κ3) is 21.5. The molecule has 11 heterocycles. The number of rotatable bonds is 14. The first-order chi connectivity index (χ1) is 48.4. The summed E-state index contributed by atoms with van der Waals surface area (Å²) in [7, 11) is -0.538. The van der Waals surface area contributed by atoms with Crippen molar-refractivity contribution in [2.45, 2.75) is 108 Å². The topological polar surface area (TPSA) is 274 Å². The van der Waals surface area contributed by atoms with Gasteiger partial charge in [0.15, 0.2) is 29.9 Å². The van der Waals surface area contributed by atoms with Gasteiger partial charge in [0.25, 0.3) is 0 Å². The summed E-state index contributed by atoms with van der Waals surface area (Å²) in [5.41, 5.74) is 4.11. The Kier molecular flexibility index (Phi) is 31.6. The number of hydrogen-bond acceptors (Lipinski definition) is 20. The largest absolute Gasteiger partial charge is 1.00 e. The van der Waals surface area contributed by atoms with Gasteiger partial charge < -0.3 is 48.5 Å². The molecule has 3 fully saturated rings. The molecule has 0 radical (unpaired) electrons. The number of pyridine rings is 2. The van der Waals surface area contributed by atoms with E-state index in [4.69, 9.17) is 78.4 Å². The Labute approximate surface area is 711 Å². The second-order valence-corrected chi connectivity index (χ2v) is 29.3. The van der Waals surface area contributed by atoms with E-state index in [-0.39, 0.29) is 133 Å². The average Bonchev–Trinajstić information content (AvgIpc) is 1.61. The first-order valence-corrected chi connectivity index (χ1v) is 35.5. The third-order valence-corrected chi connectivity index (χ3v) is 21.4. The van der Waals surface area contributed by atoms with Crippen LogP contribution in [0.2, 0.25) is 15.1 Å². The van der Waals surface area contributed by atoms with Crippen molar-refractivity contribution in [2.24, 2.45) is 0 Å². The third-order valence-electron chi connectivity index (χ3n) is 16.5. The first-order valence-electron chi connectivity index (χ1n) is 31.2. The fourth-order valence-electron chi connectivity index (χ4n) is 10.6. The number of thiophene rings is 3. The van der Waals surface area contributed by atoms with E-state index in [9.17, 15) is 28.3 Å². The molecule has 3 saturated heterocycles. The molecule has 0 spiro atoms. The number of nitriles is 2. The van der Waals surface area contributed by atoms with Crippen molar-refractivity contribution in [3.63, 3.8) is 0 Å². The van der Waals surface area contributed by atoms with E-state index >= 15 is 0 Å². The van der Waals surface area contributed by atoms with Crippen molar-refractivity contribution in [2.75, 3.05) is 13.2 Å². The second-order valence-electron chi connectivity index (χ2n) is 23.9. The monoisotopic (exact) mass is 1640 g/mol. The van der Waals surface area contributed by atoms with Gasteiger partial charge in [-0.3, -0.25) is 5.10 Å². The van der Waals surface area contributed by atoms with Crippen LogP contribution in [-0.2, 0) is 18.8 Å². The van der Waals surface area contributed by atoms with E-state index in [1.165, 1.54) is 40.0 Å². The Balaban J connectivity index is 0.000000201. The number of halogens is 9. The van der Waals surface area contributed by atoms with Crippen LogP contribution in [0, 0.1) is 22.7 Å². The molecule has 3 aliphatic rings. The molecule has 5 unspecified atom stereocenters. The van der Waals surface area contributed by atoms with Gasteiger partial charge in [-0.2, -0.15) is 27.0 Å². The molecule has 526 valence electrons. The molecule has 0 amide bonds. The van der Waals surface area contributed by atoms with E-state index in [1.54, 1.807) is 102 Å². The average molecular weight is 1640 g/mol. The summed E-state index contributed by atoms with van der Waals surface area (Å²) in [6.45, 7) is 4.22. The Morgan fingerprint density at radius 2 is 1.07 bits per heavy atom. The maximum absolute atomic E-state index is 13.4. The summed E-state index contributed by atoms with van der Waals surface area (Å²) in [5, 5.41) is 68.0. The zero-order chi connectivity index (χ0) is 72.2. The van der Waals surface area contributed by atoms with Crippen LogP contribution in [0.3, 0.4) is 0 Å². The Hall–Kier alpha value is -4.42.